The fraction of sp³-hybridized carbons (Fsp3) is 0.296. The number of carbonyl (C=O) groups is 1. The number of nitrogens with zero attached hydrogens (tertiary/aromatic N) is 1. The molecule has 0 aliphatic carbocycles. The minimum atomic E-state index is -4.03. The average molecular weight is 515 g/mol. The van der Waals surface area contributed by atoms with Crippen LogP contribution in [0.4, 0.5) is 5.69 Å². The number of rotatable bonds is 8. The summed E-state index contributed by atoms with van der Waals surface area (Å²) < 4.78 is 33.2. The highest BCUT2D eigenvalue weighted by Crippen LogP contribution is 2.32. The molecule has 1 atom stereocenters. The number of hydrogen-bond donors (Lipinski definition) is 1. The second kappa shape index (κ2) is 10.7. The van der Waals surface area contributed by atoms with E-state index in [1.807, 2.05) is 31.2 Å². The molecule has 3 rings (SSSR count). The normalized spacial score (nSPS) is 12.6. The van der Waals surface area contributed by atoms with Gasteiger partial charge in [-0.3, -0.25) is 9.10 Å². The van der Waals surface area contributed by atoms with Crippen molar-refractivity contribution in [3.05, 3.63) is 88.9 Å². The molecule has 3 aromatic rings. The maximum Gasteiger partial charge on any atom is 0.264 e. The van der Waals surface area contributed by atoms with Crippen molar-refractivity contribution in [3.8, 4) is 5.75 Å². The summed E-state index contributed by atoms with van der Waals surface area (Å²) >= 11 is 6.27. The van der Waals surface area contributed by atoms with Gasteiger partial charge in [-0.2, -0.15) is 0 Å². The molecule has 0 bridgehead atoms. The second-order valence-corrected chi connectivity index (χ2v) is 11.6. The first-order valence-corrected chi connectivity index (χ1v) is 13.1. The van der Waals surface area contributed by atoms with Crippen molar-refractivity contribution in [3.63, 3.8) is 0 Å². The first kappa shape index (κ1) is 26.6. The summed E-state index contributed by atoms with van der Waals surface area (Å²) in [6, 6.07) is 20.3. The zero-order valence-corrected chi connectivity index (χ0v) is 22.2. The van der Waals surface area contributed by atoms with Crippen LogP contribution >= 0.6 is 11.6 Å². The van der Waals surface area contributed by atoms with Gasteiger partial charge in [0.05, 0.1) is 28.8 Å². The molecule has 0 radical (unpaired) electrons. The van der Waals surface area contributed by atoms with Crippen molar-refractivity contribution < 1.29 is 17.9 Å². The third-order valence-electron chi connectivity index (χ3n) is 5.70. The number of carbonyl (C=O) groups excluding carboxylic acids is 1. The van der Waals surface area contributed by atoms with Gasteiger partial charge in [0, 0.05) is 0 Å². The van der Waals surface area contributed by atoms with Crippen molar-refractivity contribution in [1.29, 1.82) is 0 Å². The van der Waals surface area contributed by atoms with E-state index in [-0.39, 0.29) is 27.1 Å². The number of anilines is 1. The predicted molar refractivity (Wildman–Crippen MR) is 141 cm³/mol. The Morgan fingerprint density at radius 1 is 1.03 bits per heavy atom. The Morgan fingerprint density at radius 3 is 2.20 bits per heavy atom. The zero-order valence-electron chi connectivity index (χ0n) is 20.6. The Bertz CT molecular complexity index is 1270. The van der Waals surface area contributed by atoms with E-state index in [4.69, 9.17) is 16.3 Å². The molecule has 6 nitrogen and oxygen atoms in total. The summed E-state index contributed by atoms with van der Waals surface area (Å²) in [6.45, 7) is 7.87. The van der Waals surface area contributed by atoms with Crippen molar-refractivity contribution in [1.82, 2.24) is 5.32 Å². The summed E-state index contributed by atoms with van der Waals surface area (Å²) in [5, 5.41) is 3.15. The van der Waals surface area contributed by atoms with E-state index in [9.17, 15) is 13.2 Å². The molecular weight excluding hydrogens is 484 g/mol. The second-order valence-electron chi connectivity index (χ2n) is 9.30. The van der Waals surface area contributed by atoms with Gasteiger partial charge in [0.15, 0.2) is 0 Å². The Morgan fingerprint density at radius 2 is 1.66 bits per heavy atom. The third kappa shape index (κ3) is 6.35. The van der Waals surface area contributed by atoms with Crippen LogP contribution in [0.1, 0.15) is 44.9 Å². The number of sulfonamides is 1. The van der Waals surface area contributed by atoms with Crippen molar-refractivity contribution in [2.45, 2.75) is 44.0 Å². The van der Waals surface area contributed by atoms with E-state index in [1.54, 1.807) is 30.3 Å². The number of ether oxygens (including phenoxy) is 1. The molecule has 0 aliphatic heterocycles. The number of hydrogen-bond acceptors (Lipinski definition) is 4. The lowest BCUT2D eigenvalue weighted by molar-refractivity contribution is -0.120. The highest BCUT2D eigenvalue weighted by Gasteiger charge is 2.28. The van der Waals surface area contributed by atoms with Gasteiger partial charge in [0.1, 0.15) is 12.3 Å². The van der Waals surface area contributed by atoms with Crippen LogP contribution in [0, 0.1) is 0 Å². The third-order valence-corrected chi connectivity index (χ3v) is 7.78. The van der Waals surface area contributed by atoms with Crippen molar-refractivity contribution >= 4 is 33.2 Å². The van der Waals surface area contributed by atoms with Crippen LogP contribution in [0.5, 0.6) is 5.75 Å². The summed E-state index contributed by atoms with van der Waals surface area (Å²) in [5.74, 6) is -0.0342. The number of methoxy groups -OCH3 is 1. The summed E-state index contributed by atoms with van der Waals surface area (Å²) in [5.41, 5.74) is 2.40. The maximum atomic E-state index is 13.5. The van der Waals surface area contributed by atoms with Crippen molar-refractivity contribution in [2.24, 2.45) is 0 Å². The van der Waals surface area contributed by atoms with E-state index in [2.05, 4.69) is 26.1 Å². The van der Waals surface area contributed by atoms with Crippen LogP contribution in [0.25, 0.3) is 0 Å². The molecular formula is C27H31ClN2O4S. The molecule has 1 unspecified atom stereocenters. The van der Waals surface area contributed by atoms with Crippen LogP contribution in [0.3, 0.4) is 0 Å². The van der Waals surface area contributed by atoms with Gasteiger partial charge in [0.25, 0.3) is 10.0 Å². The van der Waals surface area contributed by atoms with E-state index in [0.29, 0.717) is 5.75 Å². The van der Waals surface area contributed by atoms with Crippen LogP contribution in [0.2, 0.25) is 5.02 Å². The van der Waals surface area contributed by atoms with E-state index in [1.165, 1.54) is 30.9 Å². The molecule has 0 heterocycles. The number of benzene rings is 3. The van der Waals surface area contributed by atoms with Gasteiger partial charge in [-0.25, -0.2) is 8.42 Å². The van der Waals surface area contributed by atoms with Crippen LogP contribution in [-0.2, 0) is 20.2 Å². The van der Waals surface area contributed by atoms with E-state index < -0.39 is 22.5 Å². The summed E-state index contributed by atoms with van der Waals surface area (Å²) in [4.78, 5) is 13.1. The quantitative estimate of drug-likeness (QED) is 0.417. The van der Waals surface area contributed by atoms with Crippen LogP contribution < -0.4 is 14.4 Å². The van der Waals surface area contributed by atoms with Gasteiger partial charge in [0.2, 0.25) is 5.91 Å². The lowest BCUT2D eigenvalue weighted by atomic mass is 9.86. The van der Waals surface area contributed by atoms with Gasteiger partial charge in [-0.15, -0.1) is 0 Å². The summed E-state index contributed by atoms with van der Waals surface area (Å²) in [7, 11) is -2.56. The number of halogens is 1. The van der Waals surface area contributed by atoms with Crippen molar-refractivity contribution in [2.75, 3.05) is 18.0 Å². The monoisotopic (exact) mass is 514 g/mol. The van der Waals surface area contributed by atoms with Gasteiger partial charge < -0.3 is 10.1 Å². The van der Waals surface area contributed by atoms with Gasteiger partial charge in [-0.05, 0) is 53.8 Å². The summed E-state index contributed by atoms with van der Waals surface area (Å²) in [6.07, 6.45) is 0. The molecule has 1 N–H and O–H groups in total. The fourth-order valence-corrected chi connectivity index (χ4v) is 5.30. The molecule has 1 amide bonds. The zero-order chi connectivity index (χ0) is 25.8. The Labute approximate surface area is 212 Å². The molecule has 0 saturated heterocycles. The molecule has 35 heavy (non-hydrogen) atoms. The van der Waals surface area contributed by atoms with Crippen LogP contribution in [-0.4, -0.2) is 28.0 Å². The molecule has 3 aromatic carbocycles. The SMILES string of the molecule is COc1ccc(N(CC(=O)NC(C)c2ccc(C(C)(C)C)cc2)S(=O)(=O)c2ccccc2)cc1Cl. The first-order chi connectivity index (χ1) is 16.4. The Kier molecular flexibility index (Phi) is 8.13. The average Bonchev–Trinajstić information content (AvgIpc) is 2.82. The number of amides is 1. The lowest BCUT2D eigenvalue weighted by Crippen LogP contribution is -2.41. The predicted octanol–water partition coefficient (Wildman–Crippen LogP) is 5.72. The molecule has 0 spiro atoms. The van der Waals surface area contributed by atoms with E-state index in [0.717, 1.165) is 9.87 Å². The molecule has 0 aliphatic rings. The molecule has 0 fully saturated rings. The Balaban J connectivity index is 1.87. The lowest BCUT2D eigenvalue weighted by Gasteiger charge is -2.26. The van der Waals surface area contributed by atoms with Crippen LogP contribution in [0.15, 0.2) is 77.7 Å². The van der Waals surface area contributed by atoms with Gasteiger partial charge in [-0.1, -0.05) is 74.8 Å². The standard InChI is InChI=1S/C27H31ClN2O4S/c1-19(20-11-13-21(14-12-20)27(2,3)4)29-26(31)18-30(22-15-16-25(34-5)24(28)17-22)35(32,33)23-9-7-6-8-10-23/h6-17,19H,18H2,1-5H3,(H,29,31). The molecule has 8 heteroatoms. The molecule has 0 saturated carbocycles. The van der Waals surface area contributed by atoms with Gasteiger partial charge >= 0.3 is 0 Å². The minimum absolute atomic E-state index is 0.0248. The first-order valence-electron chi connectivity index (χ1n) is 11.2. The maximum absolute atomic E-state index is 13.5. The largest absolute Gasteiger partial charge is 0.495 e. The number of nitrogens with one attached hydrogen (secondary N) is 1. The molecule has 0 aromatic heterocycles. The smallest absolute Gasteiger partial charge is 0.264 e. The highest BCUT2D eigenvalue weighted by molar-refractivity contribution is 7.92. The Hall–Kier alpha value is -3.03. The highest BCUT2D eigenvalue weighted by atomic mass is 35.5. The minimum Gasteiger partial charge on any atom is -0.495 e. The topological polar surface area (TPSA) is 75.7 Å². The van der Waals surface area contributed by atoms with E-state index >= 15 is 0 Å². The molecule has 186 valence electrons. The fourth-order valence-electron chi connectivity index (χ4n) is 3.62.